The van der Waals surface area contributed by atoms with Gasteiger partial charge in [0.1, 0.15) is 12.4 Å². The molecule has 1 aromatic heterocycles. The van der Waals surface area contributed by atoms with Crippen LogP contribution in [0.15, 0.2) is 42.5 Å². The first-order chi connectivity index (χ1) is 13.2. The number of aromatic amines is 1. The monoisotopic (exact) mass is 399 g/mol. The van der Waals surface area contributed by atoms with Crippen molar-refractivity contribution in [1.29, 1.82) is 0 Å². The van der Waals surface area contributed by atoms with Crippen LogP contribution < -0.4 is 10.1 Å². The quantitative estimate of drug-likeness (QED) is 0.479. The molecule has 3 aromatic rings. The summed E-state index contributed by atoms with van der Waals surface area (Å²) >= 11 is 0. The van der Waals surface area contributed by atoms with Gasteiger partial charge in [0, 0.05) is 5.56 Å². The van der Waals surface area contributed by atoms with Crippen LogP contribution in [0, 0.1) is 0 Å². The lowest BCUT2D eigenvalue weighted by atomic mass is 10.2. The van der Waals surface area contributed by atoms with E-state index in [1.165, 1.54) is 30.3 Å². The third-order valence-electron chi connectivity index (χ3n) is 3.81. The predicted molar refractivity (Wildman–Crippen MR) is 90.3 cm³/mol. The molecule has 0 aliphatic heterocycles. The molecule has 0 radical (unpaired) electrons. The molecule has 5 nitrogen and oxygen atoms in total. The van der Waals surface area contributed by atoms with Gasteiger partial charge in [-0.05, 0) is 42.5 Å². The summed E-state index contributed by atoms with van der Waals surface area (Å²) in [5.74, 6) is -0.690. The van der Waals surface area contributed by atoms with Crippen molar-refractivity contribution >= 4 is 16.9 Å². The molecule has 0 saturated heterocycles. The number of aromatic nitrogens is 2. The van der Waals surface area contributed by atoms with Crippen molar-refractivity contribution in [2.24, 2.45) is 0 Å². The highest BCUT2D eigenvalue weighted by atomic mass is 19.4. The number of carbonyl (C=O) groups excluding carboxylic acids is 1. The molecule has 1 amide bonds. The number of hydrogen-bond donors (Lipinski definition) is 2. The molecule has 2 aromatic carbocycles. The zero-order chi connectivity index (χ0) is 20.3. The number of nitrogens with one attached hydrogen (secondary N) is 2. The number of nitrogens with zero attached hydrogens (tertiary/aromatic N) is 1. The van der Waals surface area contributed by atoms with Crippen LogP contribution in [-0.4, -0.2) is 29.0 Å². The van der Waals surface area contributed by atoms with E-state index in [-0.39, 0.29) is 24.5 Å². The third kappa shape index (κ3) is 4.56. The van der Waals surface area contributed by atoms with Crippen molar-refractivity contribution in [3.05, 3.63) is 59.4 Å². The number of rotatable bonds is 6. The largest absolute Gasteiger partial charge is 0.492 e. The summed E-state index contributed by atoms with van der Waals surface area (Å²) in [6.45, 7) is 0.141. The number of ether oxygens (including phenoxy) is 1. The van der Waals surface area contributed by atoms with Gasteiger partial charge in [0.05, 0.1) is 23.1 Å². The highest BCUT2D eigenvalue weighted by Gasteiger charge is 2.30. The average Bonchev–Trinajstić information content (AvgIpc) is 3.08. The second kappa shape index (κ2) is 7.83. The molecule has 1 heterocycles. The lowest BCUT2D eigenvalue weighted by Crippen LogP contribution is -2.28. The first kappa shape index (κ1) is 19.6. The second-order valence-electron chi connectivity index (χ2n) is 5.78. The number of H-pyrrole nitrogens is 1. The van der Waals surface area contributed by atoms with Gasteiger partial charge in [0.25, 0.3) is 12.3 Å². The first-order valence-electron chi connectivity index (χ1n) is 8.10. The lowest BCUT2D eigenvalue weighted by molar-refractivity contribution is -0.137. The molecule has 0 unspecified atom stereocenters. The number of halogens is 5. The standard InChI is InChI=1S/C18H14F5N3O2/c19-15(20)16-25-13-6-1-10(9-14(13)26-16)17(27)24-7-8-28-12-4-2-11(3-5-12)18(21,22)23/h1-6,9,15H,7-8H2,(H,24,27)(H,25,26). The number of imidazole rings is 1. The molecule has 2 N–H and O–H groups in total. The van der Waals surface area contributed by atoms with Gasteiger partial charge >= 0.3 is 6.18 Å². The van der Waals surface area contributed by atoms with Crippen molar-refractivity contribution in [3.63, 3.8) is 0 Å². The van der Waals surface area contributed by atoms with E-state index < -0.39 is 29.9 Å². The Hall–Kier alpha value is -3.17. The third-order valence-corrected chi connectivity index (χ3v) is 3.81. The molecular formula is C18H14F5N3O2. The maximum absolute atomic E-state index is 12.6. The Morgan fingerprint density at radius 2 is 1.86 bits per heavy atom. The van der Waals surface area contributed by atoms with Crippen LogP contribution >= 0.6 is 0 Å². The van der Waals surface area contributed by atoms with Gasteiger partial charge < -0.3 is 15.0 Å². The van der Waals surface area contributed by atoms with Crippen LogP contribution in [0.25, 0.3) is 11.0 Å². The predicted octanol–water partition coefficient (Wildman–Crippen LogP) is 4.33. The second-order valence-corrected chi connectivity index (χ2v) is 5.78. The minimum Gasteiger partial charge on any atom is -0.492 e. The molecular weight excluding hydrogens is 385 g/mol. The minimum absolute atomic E-state index is 0.0406. The smallest absolute Gasteiger partial charge is 0.416 e. The van der Waals surface area contributed by atoms with Gasteiger partial charge in [0.15, 0.2) is 5.82 Å². The molecule has 0 atom stereocenters. The van der Waals surface area contributed by atoms with Crippen LogP contribution in [0.5, 0.6) is 5.75 Å². The molecule has 0 aliphatic carbocycles. The number of carbonyl (C=O) groups is 1. The van der Waals surface area contributed by atoms with Gasteiger partial charge in [-0.25, -0.2) is 13.8 Å². The SMILES string of the molecule is O=C(NCCOc1ccc(C(F)(F)F)cc1)c1ccc2nc(C(F)F)[nH]c2c1. The average molecular weight is 399 g/mol. The molecule has 0 bridgehead atoms. The normalized spacial score (nSPS) is 11.8. The topological polar surface area (TPSA) is 67.0 Å². The highest BCUT2D eigenvalue weighted by molar-refractivity contribution is 5.97. The highest BCUT2D eigenvalue weighted by Crippen LogP contribution is 2.30. The number of alkyl halides is 5. The Morgan fingerprint density at radius 3 is 2.50 bits per heavy atom. The van der Waals surface area contributed by atoms with Crippen molar-refractivity contribution in [2.45, 2.75) is 12.6 Å². The van der Waals surface area contributed by atoms with Gasteiger partial charge in [-0.1, -0.05) is 0 Å². The van der Waals surface area contributed by atoms with Gasteiger partial charge in [0.2, 0.25) is 0 Å². The van der Waals surface area contributed by atoms with E-state index in [9.17, 15) is 26.7 Å². The van der Waals surface area contributed by atoms with Gasteiger partial charge in [-0.3, -0.25) is 4.79 Å². The van der Waals surface area contributed by atoms with Crippen LogP contribution in [0.1, 0.15) is 28.2 Å². The van der Waals surface area contributed by atoms with E-state index in [2.05, 4.69) is 15.3 Å². The number of hydrogen-bond acceptors (Lipinski definition) is 3. The van der Waals surface area contributed by atoms with Crippen molar-refractivity contribution in [2.75, 3.05) is 13.2 Å². The number of benzene rings is 2. The summed E-state index contributed by atoms with van der Waals surface area (Å²) in [5.41, 5.74) is 0.0882. The van der Waals surface area contributed by atoms with Gasteiger partial charge in [-0.15, -0.1) is 0 Å². The van der Waals surface area contributed by atoms with Gasteiger partial charge in [-0.2, -0.15) is 13.2 Å². The Bertz CT molecular complexity index is 968. The number of amides is 1. The van der Waals surface area contributed by atoms with E-state index in [1.807, 2.05) is 0 Å². The lowest BCUT2D eigenvalue weighted by Gasteiger charge is -2.10. The Kier molecular flexibility index (Phi) is 5.48. The van der Waals surface area contributed by atoms with E-state index in [0.717, 1.165) is 12.1 Å². The fourth-order valence-electron chi connectivity index (χ4n) is 2.45. The fourth-order valence-corrected chi connectivity index (χ4v) is 2.45. The van der Waals surface area contributed by atoms with Crippen LogP contribution in [0.4, 0.5) is 22.0 Å². The molecule has 148 valence electrons. The molecule has 0 spiro atoms. The van der Waals surface area contributed by atoms with Crippen molar-refractivity contribution < 1.29 is 31.5 Å². The molecule has 10 heteroatoms. The van der Waals surface area contributed by atoms with E-state index in [4.69, 9.17) is 4.74 Å². The molecule has 28 heavy (non-hydrogen) atoms. The minimum atomic E-state index is -4.42. The van der Waals surface area contributed by atoms with Crippen molar-refractivity contribution in [1.82, 2.24) is 15.3 Å². The summed E-state index contributed by atoms with van der Waals surface area (Å²) in [4.78, 5) is 18.3. The Labute approximate surface area is 155 Å². The van der Waals surface area contributed by atoms with Crippen LogP contribution in [0.2, 0.25) is 0 Å². The molecule has 0 aliphatic rings. The maximum Gasteiger partial charge on any atom is 0.416 e. The van der Waals surface area contributed by atoms with E-state index in [1.54, 1.807) is 0 Å². The van der Waals surface area contributed by atoms with Crippen molar-refractivity contribution in [3.8, 4) is 5.75 Å². The zero-order valence-electron chi connectivity index (χ0n) is 14.2. The summed E-state index contributed by atoms with van der Waals surface area (Å²) < 4.78 is 68.0. The maximum atomic E-state index is 12.6. The zero-order valence-corrected chi connectivity index (χ0v) is 14.2. The summed E-state index contributed by atoms with van der Waals surface area (Å²) in [7, 11) is 0. The number of fused-ring (bicyclic) bond motifs is 1. The molecule has 0 fully saturated rings. The summed E-state index contributed by atoms with van der Waals surface area (Å²) in [5, 5.41) is 2.57. The van der Waals surface area contributed by atoms with E-state index >= 15 is 0 Å². The first-order valence-corrected chi connectivity index (χ1v) is 8.10. The van der Waals surface area contributed by atoms with Crippen LogP contribution in [0.3, 0.4) is 0 Å². The summed E-state index contributed by atoms with van der Waals surface area (Å²) in [6, 6.07) is 8.49. The Balaban J connectivity index is 1.52. The summed E-state index contributed by atoms with van der Waals surface area (Å²) in [6.07, 6.45) is -7.16. The Morgan fingerprint density at radius 1 is 1.14 bits per heavy atom. The van der Waals surface area contributed by atoms with Crippen LogP contribution in [-0.2, 0) is 6.18 Å². The molecule has 3 rings (SSSR count). The molecule has 0 saturated carbocycles. The van der Waals surface area contributed by atoms with E-state index in [0.29, 0.717) is 11.0 Å². The fraction of sp³-hybridized carbons (Fsp3) is 0.222.